The molecule has 0 aliphatic carbocycles. The van der Waals surface area contributed by atoms with E-state index in [1.165, 1.54) is 32.1 Å². The summed E-state index contributed by atoms with van der Waals surface area (Å²) in [5, 5.41) is 0. The largest absolute Gasteiger partial charge is 1.00 e. The molecule has 0 saturated heterocycles. The maximum absolute atomic E-state index is 5.62. The van der Waals surface area contributed by atoms with Crippen LogP contribution in [-0.2, 0) is 4.74 Å². The molecule has 0 fully saturated rings. The van der Waals surface area contributed by atoms with Crippen molar-refractivity contribution in [2.45, 2.75) is 64.9 Å². The number of hydrogen-bond donors (Lipinski definition) is 0. The third kappa shape index (κ3) is 15.0. The minimum absolute atomic E-state index is 0. The molecule has 0 radical (unpaired) electrons. The molecule has 0 spiro atoms. The van der Waals surface area contributed by atoms with E-state index in [2.05, 4.69) is 27.7 Å². The van der Waals surface area contributed by atoms with Crippen LogP contribution in [0.2, 0.25) is 0 Å². The Hall–Kier alpha value is 0.557. The first-order chi connectivity index (χ1) is 6.06. The molecular formula is C12H25LiO. The van der Waals surface area contributed by atoms with E-state index in [1.807, 2.05) is 0 Å². The molecule has 14 heavy (non-hydrogen) atoms. The standard InChI is InChI=1S/C12H25O.Li/c1-5-6-7-8-9-10-11-13-12(2,3)4;/h1,5-11H2,2-4H3;/q-1;+1. The molecule has 0 atom stereocenters. The van der Waals surface area contributed by atoms with Crippen LogP contribution in [0.5, 0.6) is 0 Å². The molecule has 0 rings (SSSR count). The van der Waals surface area contributed by atoms with Crippen LogP contribution in [0, 0.1) is 6.92 Å². The van der Waals surface area contributed by atoms with Crippen LogP contribution in [0.1, 0.15) is 59.3 Å². The molecule has 1 nitrogen and oxygen atoms in total. The van der Waals surface area contributed by atoms with E-state index in [4.69, 9.17) is 4.74 Å². The van der Waals surface area contributed by atoms with Crippen LogP contribution in [0.4, 0.5) is 0 Å². The van der Waals surface area contributed by atoms with E-state index in [0.717, 1.165) is 13.0 Å². The average molecular weight is 192 g/mol. The van der Waals surface area contributed by atoms with Gasteiger partial charge in [0.1, 0.15) is 0 Å². The fraction of sp³-hybridized carbons (Fsp3) is 0.917. The van der Waals surface area contributed by atoms with Crippen molar-refractivity contribution in [1.29, 1.82) is 0 Å². The minimum atomic E-state index is 0. The zero-order valence-electron chi connectivity index (χ0n) is 10.6. The monoisotopic (exact) mass is 192 g/mol. The first-order valence-corrected chi connectivity index (χ1v) is 5.49. The van der Waals surface area contributed by atoms with Gasteiger partial charge in [0, 0.05) is 6.61 Å². The Morgan fingerprint density at radius 1 is 0.929 bits per heavy atom. The molecule has 0 aliphatic rings. The van der Waals surface area contributed by atoms with Gasteiger partial charge in [-0.15, -0.1) is 0 Å². The van der Waals surface area contributed by atoms with Crippen molar-refractivity contribution < 1.29 is 23.6 Å². The van der Waals surface area contributed by atoms with Gasteiger partial charge in [0.2, 0.25) is 0 Å². The van der Waals surface area contributed by atoms with Gasteiger partial charge in [0.15, 0.2) is 0 Å². The Labute approximate surface area is 102 Å². The summed E-state index contributed by atoms with van der Waals surface area (Å²) in [5.41, 5.74) is 0.0351. The molecule has 0 bridgehead atoms. The Morgan fingerprint density at radius 3 is 1.93 bits per heavy atom. The summed E-state index contributed by atoms with van der Waals surface area (Å²) in [5.74, 6) is 0. The molecule has 0 aromatic heterocycles. The van der Waals surface area contributed by atoms with E-state index in [-0.39, 0.29) is 24.5 Å². The van der Waals surface area contributed by atoms with Crippen molar-refractivity contribution in [2.75, 3.05) is 6.61 Å². The third-order valence-corrected chi connectivity index (χ3v) is 1.93. The van der Waals surface area contributed by atoms with Gasteiger partial charge < -0.3 is 11.7 Å². The fourth-order valence-corrected chi connectivity index (χ4v) is 1.19. The second-order valence-corrected chi connectivity index (χ2v) is 4.58. The molecule has 0 unspecified atom stereocenters. The number of rotatable bonds is 7. The predicted molar refractivity (Wildman–Crippen MR) is 58.8 cm³/mol. The van der Waals surface area contributed by atoms with E-state index in [9.17, 15) is 0 Å². The molecule has 0 aromatic carbocycles. The fourth-order valence-electron chi connectivity index (χ4n) is 1.19. The summed E-state index contributed by atoms with van der Waals surface area (Å²) >= 11 is 0. The molecule has 2 heteroatoms. The predicted octanol–water partition coefficient (Wildman–Crippen LogP) is 0.980. The normalized spacial score (nSPS) is 11.1. The summed E-state index contributed by atoms with van der Waals surface area (Å²) in [6.45, 7) is 11.1. The molecule has 0 saturated carbocycles. The zero-order chi connectivity index (χ0) is 10.2. The molecule has 0 aromatic rings. The topological polar surface area (TPSA) is 9.23 Å². The summed E-state index contributed by atoms with van der Waals surface area (Å²) in [7, 11) is 0. The Balaban J connectivity index is 0. The van der Waals surface area contributed by atoms with Gasteiger partial charge in [-0.1, -0.05) is 25.7 Å². The third-order valence-electron chi connectivity index (χ3n) is 1.93. The van der Waals surface area contributed by atoms with Crippen LogP contribution < -0.4 is 18.9 Å². The smallest absolute Gasteiger partial charge is 0.376 e. The van der Waals surface area contributed by atoms with Gasteiger partial charge in [-0.05, 0) is 27.2 Å². The van der Waals surface area contributed by atoms with E-state index in [0.29, 0.717) is 0 Å². The zero-order valence-corrected chi connectivity index (χ0v) is 10.6. The Kier molecular flexibility index (Phi) is 12.2. The van der Waals surface area contributed by atoms with Gasteiger partial charge in [-0.3, -0.25) is 0 Å². The Bertz CT molecular complexity index is 107. The van der Waals surface area contributed by atoms with Gasteiger partial charge in [-0.25, -0.2) is 0 Å². The minimum Gasteiger partial charge on any atom is -0.376 e. The molecule has 0 aliphatic heterocycles. The van der Waals surface area contributed by atoms with Crippen molar-refractivity contribution in [3.05, 3.63) is 6.92 Å². The van der Waals surface area contributed by atoms with Crippen molar-refractivity contribution >= 4 is 0 Å². The molecule has 80 valence electrons. The maximum Gasteiger partial charge on any atom is 1.00 e. The van der Waals surface area contributed by atoms with Crippen LogP contribution in [0.3, 0.4) is 0 Å². The van der Waals surface area contributed by atoms with E-state index >= 15 is 0 Å². The SMILES string of the molecule is [CH2-]CCCCCCCOC(C)(C)C.[Li+]. The van der Waals surface area contributed by atoms with Crippen LogP contribution in [0.25, 0.3) is 0 Å². The van der Waals surface area contributed by atoms with Crippen LogP contribution >= 0.6 is 0 Å². The second kappa shape index (κ2) is 10.1. The van der Waals surface area contributed by atoms with Gasteiger partial charge in [0.25, 0.3) is 0 Å². The summed E-state index contributed by atoms with van der Waals surface area (Å²) in [6.07, 6.45) is 7.53. The van der Waals surface area contributed by atoms with Gasteiger partial charge in [0.05, 0.1) is 5.60 Å². The quantitative estimate of drug-likeness (QED) is 0.332. The van der Waals surface area contributed by atoms with Gasteiger partial charge >= 0.3 is 18.9 Å². The molecule has 0 N–H and O–H groups in total. The summed E-state index contributed by atoms with van der Waals surface area (Å²) < 4.78 is 5.62. The molecule has 0 heterocycles. The maximum atomic E-state index is 5.62. The molecular weight excluding hydrogens is 167 g/mol. The van der Waals surface area contributed by atoms with E-state index < -0.39 is 0 Å². The van der Waals surface area contributed by atoms with Crippen molar-refractivity contribution in [3.63, 3.8) is 0 Å². The second-order valence-electron chi connectivity index (χ2n) is 4.58. The van der Waals surface area contributed by atoms with Crippen LogP contribution in [0.15, 0.2) is 0 Å². The van der Waals surface area contributed by atoms with Crippen molar-refractivity contribution in [3.8, 4) is 0 Å². The summed E-state index contributed by atoms with van der Waals surface area (Å²) in [4.78, 5) is 0. The molecule has 0 amide bonds. The number of ether oxygens (including phenoxy) is 1. The van der Waals surface area contributed by atoms with Crippen molar-refractivity contribution in [1.82, 2.24) is 0 Å². The Morgan fingerprint density at radius 2 is 1.43 bits per heavy atom. The first kappa shape index (κ1) is 17.0. The van der Waals surface area contributed by atoms with E-state index in [1.54, 1.807) is 0 Å². The number of hydrogen-bond acceptors (Lipinski definition) is 1. The first-order valence-electron chi connectivity index (χ1n) is 5.49. The average Bonchev–Trinajstić information content (AvgIpc) is 2.01. The number of unbranched alkanes of at least 4 members (excludes halogenated alkanes) is 5. The van der Waals surface area contributed by atoms with Gasteiger partial charge in [-0.2, -0.15) is 6.42 Å². The summed E-state index contributed by atoms with van der Waals surface area (Å²) in [6, 6.07) is 0. The van der Waals surface area contributed by atoms with Crippen LogP contribution in [-0.4, -0.2) is 12.2 Å². The van der Waals surface area contributed by atoms with Crippen molar-refractivity contribution in [2.24, 2.45) is 0 Å².